The Kier molecular flexibility index (Phi) is 4.77. The van der Waals surface area contributed by atoms with Crippen molar-refractivity contribution in [3.05, 3.63) is 30.1 Å². The first-order valence-corrected chi connectivity index (χ1v) is 6.85. The molecule has 2 rings (SSSR count). The van der Waals surface area contributed by atoms with Crippen LogP contribution >= 0.6 is 0 Å². The third-order valence-electron chi connectivity index (χ3n) is 3.57. The molecule has 1 aromatic carbocycles. The summed E-state index contributed by atoms with van der Waals surface area (Å²) in [5.41, 5.74) is 0. The third kappa shape index (κ3) is 3.94. The Morgan fingerprint density at radius 3 is 2.53 bits per heavy atom. The van der Waals surface area contributed by atoms with E-state index in [2.05, 4.69) is 0 Å². The van der Waals surface area contributed by atoms with E-state index in [-0.39, 0.29) is 11.7 Å². The minimum absolute atomic E-state index is 0.234. The first-order valence-electron chi connectivity index (χ1n) is 6.85. The van der Waals surface area contributed by atoms with Gasteiger partial charge < -0.3 is 9.64 Å². The highest BCUT2D eigenvalue weighted by Gasteiger charge is 2.22. The fourth-order valence-corrected chi connectivity index (χ4v) is 2.32. The van der Waals surface area contributed by atoms with Crippen LogP contribution in [0.5, 0.6) is 5.75 Å². The molecule has 0 aliphatic carbocycles. The Hall–Kier alpha value is -1.58. The van der Waals surface area contributed by atoms with Gasteiger partial charge in [0.05, 0.1) is 6.61 Å². The van der Waals surface area contributed by atoms with Crippen LogP contribution in [-0.2, 0) is 4.79 Å². The number of hydrogen-bond acceptors (Lipinski definition) is 2. The Bertz CT molecular complexity index is 411. The van der Waals surface area contributed by atoms with Crippen LogP contribution in [0.1, 0.15) is 26.2 Å². The lowest BCUT2D eigenvalue weighted by Crippen LogP contribution is -2.39. The molecular formula is C15H20FNO2. The SMILES string of the molecule is CCC(=O)N1CCC(COc2ccc(F)cc2)CC1. The predicted octanol–water partition coefficient (Wildman–Crippen LogP) is 2.85. The molecule has 0 unspecified atom stereocenters. The van der Waals surface area contributed by atoms with Gasteiger partial charge in [-0.05, 0) is 43.0 Å². The number of halogens is 1. The normalized spacial score (nSPS) is 16.4. The number of hydrogen-bond donors (Lipinski definition) is 0. The molecule has 1 aliphatic heterocycles. The molecular weight excluding hydrogens is 245 g/mol. The van der Waals surface area contributed by atoms with E-state index in [1.54, 1.807) is 12.1 Å². The maximum absolute atomic E-state index is 12.7. The molecule has 1 fully saturated rings. The molecule has 1 amide bonds. The maximum Gasteiger partial charge on any atom is 0.222 e. The molecule has 0 N–H and O–H groups in total. The van der Waals surface area contributed by atoms with Crippen molar-refractivity contribution in [1.82, 2.24) is 4.90 Å². The standard InChI is InChI=1S/C15H20FNO2/c1-2-15(18)17-9-7-12(8-10-17)11-19-14-5-3-13(16)4-6-14/h3-6,12H,2,7-11H2,1H3. The second-order valence-corrected chi connectivity index (χ2v) is 4.94. The average Bonchev–Trinajstić information content (AvgIpc) is 2.46. The van der Waals surface area contributed by atoms with E-state index in [4.69, 9.17) is 4.74 Å². The molecule has 0 spiro atoms. The number of benzene rings is 1. The van der Waals surface area contributed by atoms with Crippen molar-refractivity contribution in [2.75, 3.05) is 19.7 Å². The van der Waals surface area contributed by atoms with Crippen LogP contribution in [0.2, 0.25) is 0 Å². The van der Waals surface area contributed by atoms with E-state index in [0.717, 1.165) is 25.9 Å². The molecule has 0 bridgehead atoms. The van der Waals surface area contributed by atoms with Gasteiger partial charge in [0, 0.05) is 19.5 Å². The molecule has 4 heteroatoms. The zero-order valence-corrected chi connectivity index (χ0v) is 11.3. The Balaban J connectivity index is 1.74. The first kappa shape index (κ1) is 13.8. The Morgan fingerprint density at radius 1 is 1.32 bits per heavy atom. The van der Waals surface area contributed by atoms with Crippen molar-refractivity contribution in [1.29, 1.82) is 0 Å². The van der Waals surface area contributed by atoms with Crippen molar-refractivity contribution in [2.24, 2.45) is 5.92 Å². The van der Waals surface area contributed by atoms with E-state index in [1.807, 2.05) is 11.8 Å². The molecule has 0 atom stereocenters. The van der Waals surface area contributed by atoms with Gasteiger partial charge in [0.1, 0.15) is 11.6 Å². The zero-order valence-electron chi connectivity index (χ0n) is 11.3. The molecule has 0 saturated carbocycles. The molecule has 0 radical (unpaired) electrons. The number of nitrogens with zero attached hydrogens (tertiary/aromatic N) is 1. The first-order chi connectivity index (χ1) is 9.19. The van der Waals surface area contributed by atoms with E-state index in [1.165, 1.54) is 12.1 Å². The number of piperidine rings is 1. The summed E-state index contributed by atoms with van der Waals surface area (Å²) >= 11 is 0. The van der Waals surface area contributed by atoms with Gasteiger partial charge in [-0.25, -0.2) is 4.39 Å². The van der Waals surface area contributed by atoms with Crippen molar-refractivity contribution in [2.45, 2.75) is 26.2 Å². The summed E-state index contributed by atoms with van der Waals surface area (Å²) in [6, 6.07) is 6.09. The monoisotopic (exact) mass is 265 g/mol. The topological polar surface area (TPSA) is 29.5 Å². The largest absolute Gasteiger partial charge is 0.493 e. The van der Waals surface area contributed by atoms with Crippen LogP contribution in [0, 0.1) is 11.7 Å². The number of amides is 1. The highest BCUT2D eigenvalue weighted by atomic mass is 19.1. The van der Waals surface area contributed by atoms with Crippen molar-refractivity contribution in [3.63, 3.8) is 0 Å². The minimum Gasteiger partial charge on any atom is -0.493 e. The molecule has 1 heterocycles. The van der Waals surface area contributed by atoms with E-state index >= 15 is 0 Å². The van der Waals surface area contributed by atoms with Crippen molar-refractivity contribution < 1.29 is 13.9 Å². The summed E-state index contributed by atoms with van der Waals surface area (Å²) in [6.07, 6.45) is 2.54. The van der Waals surface area contributed by atoms with Gasteiger partial charge in [-0.3, -0.25) is 4.79 Å². The van der Waals surface area contributed by atoms with Gasteiger partial charge in [-0.2, -0.15) is 0 Å². The number of likely N-dealkylation sites (tertiary alicyclic amines) is 1. The van der Waals surface area contributed by atoms with Gasteiger partial charge in [-0.15, -0.1) is 0 Å². The van der Waals surface area contributed by atoms with Crippen LogP contribution in [-0.4, -0.2) is 30.5 Å². The second-order valence-electron chi connectivity index (χ2n) is 4.94. The third-order valence-corrected chi connectivity index (χ3v) is 3.57. The lowest BCUT2D eigenvalue weighted by molar-refractivity contribution is -0.132. The minimum atomic E-state index is -0.251. The van der Waals surface area contributed by atoms with Crippen LogP contribution in [0.4, 0.5) is 4.39 Å². The summed E-state index contributed by atoms with van der Waals surface area (Å²) in [7, 11) is 0. The highest BCUT2D eigenvalue weighted by Crippen LogP contribution is 2.20. The Labute approximate surface area is 113 Å². The fourth-order valence-electron chi connectivity index (χ4n) is 2.32. The maximum atomic E-state index is 12.7. The fraction of sp³-hybridized carbons (Fsp3) is 0.533. The second kappa shape index (κ2) is 6.55. The molecule has 3 nitrogen and oxygen atoms in total. The highest BCUT2D eigenvalue weighted by molar-refractivity contribution is 5.75. The number of carbonyl (C=O) groups excluding carboxylic acids is 1. The quantitative estimate of drug-likeness (QED) is 0.837. The summed E-state index contributed by atoms with van der Waals surface area (Å²) in [5, 5.41) is 0. The summed E-state index contributed by atoms with van der Waals surface area (Å²) < 4.78 is 18.4. The predicted molar refractivity (Wildman–Crippen MR) is 71.5 cm³/mol. The van der Waals surface area contributed by atoms with Gasteiger partial charge in [0.15, 0.2) is 0 Å². The van der Waals surface area contributed by atoms with E-state index in [0.29, 0.717) is 24.7 Å². The van der Waals surface area contributed by atoms with Crippen LogP contribution < -0.4 is 4.74 Å². The van der Waals surface area contributed by atoms with Crippen LogP contribution in [0.25, 0.3) is 0 Å². The Morgan fingerprint density at radius 2 is 1.95 bits per heavy atom. The molecule has 1 saturated heterocycles. The smallest absolute Gasteiger partial charge is 0.222 e. The van der Waals surface area contributed by atoms with E-state index < -0.39 is 0 Å². The average molecular weight is 265 g/mol. The van der Waals surface area contributed by atoms with Gasteiger partial charge in [0.2, 0.25) is 5.91 Å². The molecule has 0 aromatic heterocycles. The summed E-state index contributed by atoms with van der Waals surface area (Å²) in [6.45, 7) is 4.18. The van der Waals surface area contributed by atoms with E-state index in [9.17, 15) is 9.18 Å². The lowest BCUT2D eigenvalue weighted by atomic mass is 9.97. The number of carbonyl (C=O) groups is 1. The lowest BCUT2D eigenvalue weighted by Gasteiger charge is -2.31. The molecule has 19 heavy (non-hydrogen) atoms. The summed E-state index contributed by atoms with van der Waals surface area (Å²) in [5.74, 6) is 1.16. The van der Waals surface area contributed by atoms with Gasteiger partial charge in [-0.1, -0.05) is 6.92 Å². The molecule has 1 aliphatic rings. The number of ether oxygens (including phenoxy) is 1. The van der Waals surface area contributed by atoms with Crippen LogP contribution in [0.3, 0.4) is 0 Å². The van der Waals surface area contributed by atoms with Gasteiger partial charge in [0.25, 0.3) is 0 Å². The van der Waals surface area contributed by atoms with Gasteiger partial charge >= 0.3 is 0 Å². The molecule has 1 aromatic rings. The molecule has 104 valence electrons. The van der Waals surface area contributed by atoms with Crippen LogP contribution in [0.15, 0.2) is 24.3 Å². The zero-order chi connectivity index (χ0) is 13.7. The number of rotatable bonds is 4. The van der Waals surface area contributed by atoms with Crippen molar-refractivity contribution >= 4 is 5.91 Å². The van der Waals surface area contributed by atoms with Crippen molar-refractivity contribution in [3.8, 4) is 5.75 Å². The summed E-state index contributed by atoms with van der Waals surface area (Å²) in [4.78, 5) is 13.5.